The number of aryl methyl sites for hydroxylation is 1. The Labute approximate surface area is 137 Å². The van der Waals surface area contributed by atoms with Crippen LogP contribution in [0, 0.1) is 0 Å². The lowest BCUT2D eigenvalue weighted by atomic mass is 9.97. The minimum atomic E-state index is -0.118. The van der Waals surface area contributed by atoms with E-state index in [2.05, 4.69) is 31.5 Å². The molecule has 2 amide bonds. The Hall–Kier alpha value is -1.85. The van der Waals surface area contributed by atoms with E-state index in [1.807, 2.05) is 0 Å². The SMILES string of the molecule is O=C(NCCC1=CCCCC1)NCc1nnc2n1CCCCC2. The topological polar surface area (TPSA) is 71.8 Å². The van der Waals surface area contributed by atoms with Gasteiger partial charge in [-0.25, -0.2) is 4.79 Å². The van der Waals surface area contributed by atoms with E-state index in [1.54, 1.807) is 0 Å². The van der Waals surface area contributed by atoms with Crippen molar-refractivity contribution in [2.24, 2.45) is 0 Å². The fraction of sp³-hybridized carbons (Fsp3) is 0.706. The molecular formula is C17H27N5O. The summed E-state index contributed by atoms with van der Waals surface area (Å²) in [6, 6.07) is -0.118. The van der Waals surface area contributed by atoms with Gasteiger partial charge in [-0.3, -0.25) is 0 Å². The van der Waals surface area contributed by atoms with E-state index in [0.717, 1.165) is 31.0 Å². The number of nitrogens with zero attached hydrogens (tertiary/aromatic N) is 3. The van der Waals surface area contributed by atoms with Gasteiger partial charge in [0.15, 0.2) is 5.82 Å². The molecule has 0 radical (unpaired) electrons. The van der Waals surface area contributed by atoms with Crippen molar-refractivity contribution in [1.82, 2.24) is 25.4 Å². The number of carbonyl (C=O) groups is 1. The number of fused-ring (bicyclic) bond motifs is 1. The van der Waals surface area contributed by atoms with E-state index in [-0.39, 0.29) is 6.03 Å². The second-order valence-corrected chi connectivity index (χ2v) is 6.46. The summed E-state index contributed by atoms with van der Waals surface area (Å²) in [5.41, 5.74) is 1.49. The van der Waals surface area contributed by atoms with Gasteiger partial charge in [0.1, 0.15) is 5.82 Å². The molecule has 6 heteroatoms. The van der Waals surface area contributed by atoms with Crippen LogP contribution < -0.4 is 10.6 Å². The first-order valence-corrected chi connectivity index (χ1v) is 8.93. The quantitative estimate of drug-likeness (QED) is 0.820. The van der Waals surface area contributed by atoms with Gasteiger partial charge < -0.3 is 15.2 Å². The van der Waals surface area contributed by atoms with E-state index in [4.69, 9.17) is 0 Å². The number of aromatic nitrogens is 3. The van der Waals surface area contributed by atoms with E-state index in [1.165, 1.54) is 50.5 Å². The first-order valence-electron chi connectivity index (χ1n) is 8.93. The standard InChI is InChI=1S/C17H27N5O/c23-17(18-11-10-14-7-3-1-4-8-14)19-13-16-21-20-15-9-5-2-6-12-22(15)16/h7H,1-6,8-13H2,(H2,18,19,23). The summed E-state index contributed by atoms with van der Waals surface area (Å²) >= 11 is 0. The molecule has 1 aromatic heterocycles. The van der Waals surface area contributed by atoms with Crippen molar-refractivity contribution in [2.75, 3.05) is 6.54 Å². The maximum Gasteiger partial charge on any atom is 0.315 e. The molecule has 1 aromatic rings. The lowest BCUT2D eigenvalue weighted by molar-refractivity contribution is 0.240. The highest BCUT2D eigenvalue weighted by Gasteiger charge is 2.15. The van der Waals surface area contributed by atoms with Crippen molar-refractivity contribution in [3.05, 3.63) is 23.3 Å². The summed E-state index contributed by atoms with van der Waals surface area (Å²) in [6.07, 6.45) is 12.9. The van der Waals surface area contributed by atoms with Crippen molar-refractivity contribution >= 4 is 6.03 Å². The highest BCUT2D eigenvalue weighted by atomic mass is 16.2. The van der Waals surface area contributed by atoms with Crippen molar-refractivity contribution in [2.45, 2.75) is 70.9 Å². The third-order valence-corrected chi connectivity index (χ3v) is 4.71. The van der Waals surface area contributed by atoms with Crippen LogP contribution in [0.25, 0.3) is 0 Å². The van der Waals surface area contributed by atoms with Gasteiger partial charge >= 0.3 is 6.03 Å². The summed E-state index contributed by atoms with van der Waals surface area (Å²) in [5.74, 6) is 1.93. The number of nitrogens with one attached hydrogen (secondary N) is 2. The molecule has 0 fully saturated rings. The fourth-order valence-electron chi connectivity index (χ4n) is 3.37. The molecular weight excluding hydrogens is 290 g/mol. The van der Waals surface area contributed by atoms with Crippen LogP contribution in [-0.4, -0.2) is 27.3 Å². The van der Waals surface area contributed by atoms with E-state index in [0.29, 0.717) is 13.1 Å². The Kier molecular flexibility index (Phi) is 5.66. The maximum atomic E-state index is 11.9. The number of rotatable bonds is 5. The molecule has 0 saturated heterocycles. The lowest BCUT2D eigenvalue weighted by Gasteiger charge is -2.13. The Morgan fingerprint density at radius 1 is 1.09 bits per heavy atom. The zero-order valence-electron chi connectivity index (χ0n) is 13.8. The molecule has 2 aliphatic rings. The minimum absolute atomic E-state index is 0.118. The molecule has 1 aliphatic carbocycles. The van der Waals surface area contributed by atoms with Crippen LogP contribution in [-0.2, 0) is 19.5 Å². The number of allylic oxidation sites excluding steroid dienone is 1. The molecule has 0 saturated carbocycles. The average Bonchev–Trinajstić information content (AvgIpc) is 2.80. The summed E-state index contributed by atoms with van der Waals surface area (Å²) in [6.45, 7) is 2.12. The van der Waals surface area contributed by atoms with Gasteiger partial charge in [0.25, 0.3) is 0 Å². The zero-order chi connectivity index (χ0) is 15.9. The van der Waals surface area contributed by atoms with Crippen molar-refractivity contribution in [3.63, 3.8) is 0 Å². The number of urea groups is 1. The fourth-order valence-corrected chi connectivity index (χ4v) is 3.37. The molecule has 2 heterocycles. The van der Waals surface area contributed by atoms with Gasteiger partial charge in [-0.1, -0.05) is 18.1 Å². The Morgan fingerprint density at radius 3 is 2.87 bits per heavy atom. The molecule has 6 nitrogen and oxygen atoms in total. The molecule has 0 spiro atoms. The molecule has 126 valence electrons. The van der Waals surface area contributed by atoms with Crippen molar-refractivity contribution < 1.29 is 4.79 Å². The van der Waals surface area contributed by atoms with Gasteiger partial charge in [-0.2, -0.15) is 0 Å². The maximum absolute atomic E-state index is 11.9. The van der Waals surface area contributed by atoms with Crippen LogP contribution in [0.3, 0.4) is 0 Å². The number of hydrogen-bond acceptors (Lipinski definition) is 3. The molecule has 2 N–H and O–H groups in total. The number of carbonyl (C=O) groups excluding carboxylic acids is 1. The molecule has 0 bridgehead atoms. The minimum Gasteiger partial charge on any atom is -0.338 e. The van der Waals surface area contributed by atoms with Crippen LogP contribution in [0.2, 0.25) is 0 Å². The predicted molar refractivity (Wildman–Crippen MR) is 89.0 cm³/mol. The number of hydrogen-bond donors (Lipinski definition) is 2. The summed E-state index contributed by atoms with van der Waals surface area (Å²) in [7, 11) is 0. The molecule has 0 aromatic carbocycles. The second kappa shape index (κ2) is 8.13. The van der Waals surface area contributed by atoms with Gasteiger partial charge in [0.05, 0.1) is 6.54 Å². The molecule has 23 heavy (non-hydrogen) atoms. The third kappa shape index (κ3) is 4.56. The van der Waals surface area contributed by atoms with Crippen LogP contribution in [0.1, 0.15) is 63.0 Å². The van der Waals surface area contributed by atoms with Gasteiger partial charge in [-0.05, 0) is 44.9 Å². The highest BCUT2D eigenvalue weighted by molar-refractivity contribution is 5.73. The molecule has 0 atom stereocenters. The van der Waals surface area contributed by atoms with Crippen molar-refractivity contribution in [3.8, 4) is 0 Å². The molecule has 1 aliphatic heterocycles. The molecule has 3 rings (SSSR count). The Balaban J connectivity index is 1.40. The van der Waals surface area contributed by atoms with Crippen LogP contribution in [0.5, 0.6) is 0 Å². The first kappa shape index (κ1) is 16.0. The predicted octanol–water partition coefficient (Wildman–Crippen LogP) is 2.69. The largest absolute Gasteiger partial charge is 0.338 e. The average molecular weight is 317 g/mol. The normalized spacial score (nSPS) is 17.8. The monoisotopic (exact) mass is 317 g/mol. The first-order chi connectivity index (χ1) is 11.3. The van der Waals surface area contributed by atoms with E-state index in [9.17, 15) is 4.79 Å². The smallest absolute Gasteiger partial charge is 0.315 e. The van der Waals surface area contributed by atoms with Gasteiger partial charge in [0, 0.05) is 19.5 Å². The third-order valence-electron chi connectivity index (χ3n) is 4.71. The van der Waals surface area contributed by atoms with E-state index < -0.39 is 0 Å². The van der Waals surface area contributed by atoms with Crippen LogP contribution in [0.4, 0.5) is 4.79 Å². The van der Waals surface area contributed by atoms with Crippen molar-refractivity contribution in [1.29, 1.82) is 0 Å². The number of amides is 2. The molecule has 0 unspecified atom stereocenters. The highest BCUT2D eigenvalue weighted by Crippen LogP contribution is 2.19. The Morgan fingerprint density at radius 2 is 2.00 bits per heavy atom. The second-order valence-electron chi connectivity index (χ2n) is 6.46. The summed E-state index contributed by atoms with van der Waals surface area (Å²) < 4.78 is 2.17. The Bertz CT molecular complexity index is 563. The van der Waals surface area contributed by atoms with E-state index >= 15 is 0 Å². The van der Waals surface area contributed by atoms with Gasteiger partial charge in [-0.15, -0.1) is 10.2 Å². The van der Waals surface area contributed by atoms with Crippen LogP contribution in [0.15, 0.2) is 11.6 Å². The lowest BCUT2D eigenvalue weighted by Crippen LogP contribution is -2.36. The zero-order valence-corrected chi connectivity index (χ0v) is 13.8. The summed E-state index contributed by atoms with van der Waals surface area (Å²) in [5, 5.41) is 14.3. The van der Waals surface area contributed by atoms with Gasteiger partial charge in [0.2, 0.25) is 0 Å². The van der Waals surface area contributed by atoms with Crippen LogP contribution >= 0.6 is 0 Å². The summed E-state index contributed by atoms with van der Waals surface area (Å²) in [4.78, 5) is 11.9.